The number of aryl methyl sites for hydroxylation is 1. The van der Waals surface area contributed by atoms with Crippen LogP contribution in [0, 0.1) is 5.92 Å². The predicted octanol–water partition coefficient (Wildman–Crippen LogP) is 3.08. The number of aliphatic imine (C=N–C) groups is 1. The van der Waals surface area contributed by atoms with Gasteiger partial charge in [-0.1, -0.05) is 27.2 Å². The predicted molar refractivity (Wildman–Crippen MR) is 113 cm³/mol. The third kappa shape index (κ3) is 5.31. The topological polar surface area (TPSA) is 67.1 Å². The van der Waals surface area contributed by atoms with E-state index in [-0.39, 0.29) is 24.0 Å². The van der Waals surface area contributed by atoms with E-state index in [1.54, 1.807) is 0 Å². The molecule has 2 N–H and O–H groups in total. The maximum absolute atomic E-state index is 4.67. The Balaban J connectivity index is 0.00000225. The van der Waals surface area contributed by atoms with Crippen LogP contribution < -0.4 is 10.6 Å². The molecular weight excluding hydrogens is 427 g/mol. The van der Waals surface area contributed by atoms with E-state index in [1.807, 2.05) is 0 Å². The van der Waals surface area contributed by atoms with Gasteiger partial charge in [0.15, 0.2) is 11.8 Å². The summed E-state index contributed by atoms with van der Waals surface area (Å²) in [6.07, 6.45) is 5.95. The summed E-state index contributed by atoms with van der Waals surface area (Å²) < 4.78 is 2.08. The van der Waals surface area contributed by atoms with Gasteiger partial charge in [-0.3, -0.25) is 4.99 Å². The molecule has 1 aliphatic heterocycles. The Morgan fingerprint density at radius 2 is 2.12 bits per heavy atom. The zero-order valence-corrected chi connectivity index (χ0v) is 18.3. The van der Waals surface area contributed by atoms with Crippen molar-refractivity contribution in [2.24, 2.45) is 10.9 Å². The molecule has 7 heteroatoms. The average molecular weight is 460 g/mol. The largest absolute Gasteiger partial charge is 0.353 e. The van der Waals surface area contributed by atoms with E-state index in [0.717, 1.165) is 49.5 Å². The van der Waals surface area contributed by atoms with Gasteiger partial charge in [0.05, 0.1) is 6.54 Å². The molecule has 1 fully saturated rings. The third-order valence-corrected chi connectivity index (χ3v) is 4.95. The zero-order chi connectivity index (χ0) is 17.1. The van der Waals surface area contributed by atoms with E-state index < -0.39 is 0 Å². The van der Waals surface area contributed by atoms with E-state index >= 15 is 0 Å². The molecule has 142 valence electrons. The highest BCUT2D eigenvalue weighted by molar-refractivity contribution is 14.0. The van der Waals surface area contributed by atoms with Crippen molar-refractivity contribution in [1.82, 2.24) is 25.4 Å². The first-order valence-corrected chi connectivity index (χ1v) is 9.61. The van der Waals surface area contributed by atoms with Crippen molar-refractivity contribution in [3.05, 3.63) is 11.6 Å². The quantitative estimate of drug-likeness (QED) is 0.389. The third-order valence-electron chi connectivity index (χ3n) is 4.95. The highest BCUT2D eigenvalue weighted by Gasteiger charge is 2.37. The molecule has 1 saturated carbocycles. The SMILES string of the molecule is CCCC1CC1NC(=NCC)NC1CCc2nc(C(C)C)nn2C1.I. The van der Waals surface area contributed by atoms with Crippen LogP contribution in [0.5, 0.6) is 0 Å². The Kier molecular flexibility index (Phi) is 7.51. The first-order valence-electron chi connectivity index (χ1n) is 9.61. The first-order chi connectivity index (χ1) is 11.6. The van der Waals surface area contributed by atoms with Gasteiger partial charge in [0, 0.05) is 31.0 Å². The number of hydrogen-bond acceptors (Lipinski definition) is 3. The minimum absolute atomic E-state index is 0. The van der Waals surface area contributed by atoms with E-state index in [9.17, 15) is 0 Å². The number of hydrogen-bond donors (Lipinski definition) is 2. The van der Waals surface area contributed by atoms with E-state index in [4.69, 9.17) is 0 Å². The van der Waals surface area contributed by atoms with Crippen molar-refractivity contribution in [3.8, 4) is 0 Å². The normalized spacial score (nSPS) is 25.3. The maximum atomic E-state index is 4.67. The minimum Gasteiger partial charge on any atom is -0.353 e. The Morgan fingerprint density at radius 1 is 1.32 bits per heavy atom. The Labute approximate surface area is 168 Å². The zero-order valence-electron chi connectivity index (χ0n) is 16.0. The van der Waals surface area contributed by atoms with Crippen molar-refractivity contribution in [2.75, 3.05) is 6.54 Å². The second-order valence-electron chi connectivity index (χ2n) is 7.46. The monoisotopic (exact) mass is 460 g/mol. The molecule has 2 heterocycles. The van der Waals surface area contributed by atoms with Gasteiger partial charge in [0.2, 0.25) is 0 Å². The first kappa shape index (κ1) is 20.5. The second-order valence-corrected chi connectivity index (χ2v) is 7.46. The molecule has 3 atom stereocenters. The van der Waals surface area contributed by atoms with Crippen LogP contribution in [0.1, 0.15) is 70.9 Å². The molecule has 25 heavy (non-hydrogen) atoms. The highest BCUT2D eigenvalue weighted by Crippen LogP contribution is 2.34. The number of nitrogens with zero attached hydrogens (tertiary/aromatic N) is 4. The Morgan fingerprint density at radius 3 is 2.80 bits per heavy atom. The number of nitrogens with one attached hydrogen (secondary N) is 2. The van der Waals surface area contributed by atoms with Crippen LogP contribution in [-0.2, 0) is 13.0 Å². The van der Waals surface area contributed by atoms with Gasteiger partial charge < -0.3 is 10.6 Å². The fraction of sp³-hybridized carbons (Fsp3) is 0.833. The molecule has 0 aromatic carbocycles. The summed E-state index contributed by atoms with van der Waals surface area (Å²) in [4.78, 5) is 9.30. The lowest BCUT2D eigenvalue weighted by atomic mass is 10.1. The van der Waals surface area contributed by atoms with Gasteiger partial charge in [-0.05, 0) is 32.1 Å². The summed E-state index contributed by atoms with van der Waals surface area (Å²) >= 11 is 0. The van der Waals surface area contributed by atoms with E-state index in [2.05, 4.69) is 58.1 Å². The van der Waals surface area contributed by atoms with Gasteiger partial charge in [-0.2, -0.15) is 5.10 Å². The fourth-order valence-corrected chi connectivity index (χ4v) is 3.46. The lowest BCUT2D eigenvalue weighted by Crippen LogP contribution is -2.48. The lowest BCUT2D eigenvalue weighted by molar-refractivity contribution is 0.391. The summed E-state index contributed by atoms with van der Waals surface area (Å²) in [5, 5.41) is 11.9. The molecule has 0 saturated heterocycles. The average Bonchev–Trinajstić information content (AvgIpc) is 3.11. The molecule has 1 aromatic heterocycles. The molecule has 0 spiro atoms. The summed E-state index contributed by atoms with van der Waals surface area (Å²) in [6.45, 7) is 10.3. The summed E-state index contributed by atoms with van der Waals surface area (Å²) in [6, 6.07) is 0.987. The van der Waals surface area contributed by atoms with Gasteiger partial charge in [-0.25, -0.2) is 9.67 Å². The van der Waals surface area contributed by atoms with Crippen LogP contribution in [0.3, 0.4) is 0 Å². The Hall–Kier alpha value is -0.860. The number of aromatic nitrogens is 3. The number of rotatable bonds is 6. The molecule has 1 aromatic rings. The molecule has 3 rings (SSSR count). The van der Waals surface area contributed by atoms with Gasteiger partial charge in [0.1, 0.15) is 5.82 Å². The Bertz CT molecular complexity index is 582. The van der Waals surface area contributed by atoms with Crippen molar-refractivity contribution in [2.45, 2.75) is 84.3 Å². The fourth-order valence-electron chi connectivity index (χ4n) is 3.46. The molecule has 0 amide bonds. The number of halogens is 1. The van der Waals surface area contributed by atoms with Crippen molar-refractivity contribution >= 4 is 29.9 Å². The summed E-state index contributed by atoms with van der Waals surface area (Å²) in [7, 11) is 0. The van der Waals surface area contributed by atoms with E-state index in [0.29, 0.717) is 18.0 Å². The molecular formula is C18H33IN6. The van der Waals surface area contributed by atoms with Crippen molar-refractivity contribution in [3.63, 3.8) is 0 Å². The molecule has 2 aliphatic rings. The van der Waals surface area contributed by atoms with Crippen molar-refractivity contribution < 1.29 is 0 Å². The van der Waals surface area contributed by atoms with Gasteiger partial charge in [-0.15, -0.1) is 24.0 Å². The lowest BCUT2D eigenvalue weighted by Gasteiger charge is -2.25. The van der Waals surface area contributed by atoms with Crippen LogP contribution in [0.2, 0.25) is 0 Å². The number of fused-ring (bicyclic) bond motifs is 1. The minimum atomic E-state index is 0. The molecule has 1 aliphatic carbocycles. The maximum Gasteiger partial charge on any atom is 0.191 e. The van der Waals surface area contributed by atoms with Crippen LogP contribution in [0.15, 0.2) is 4.99 Å². The standard InChI is InChI=1S/C18H32N6.HI/c1-5-7-13-10-15(13)21-18(19-6-2)20-14-8-9-16-22-17(12(3)4)23-24(16)11-14;/h12-15H,5-11H2,1-4H3,(H2,19,20,21);1H. The number of guanidine groups is 1. The van der Waals surface area contributed by atoms with E-state index in [1.165, 1.54) is 19.3 Å². The van der Waals surface area contributed by atoms with Crippen LogP contribution in [0.4, 0.5) is 0 Å². The van der Waals surface area contributed by atoms with Gasteiger partial charge >= 0.3 is 0 Å². The molecule has 6 nitrogen and oxygen atoms in total. The smallest absolute Gasteiger partial charge is 0.191 e. The molecule has 3 unspecified atom stereocenters. The highest BCUT2D eigenvalue weighted by atomic mass is 127. The second kappa shape index (κ2) is 9.19. The summed E-state index contributed by atoms with van der Waals surface area (Å²) in [5.74, 6) is 4.29. The van der Waals surface area contributed by atoms with Crippen LogP contribution in [-0.4, -0.2) is 39.4 Å². The van der Waals surface area contributed by atoms with Crippen LogP contribution >= 0.6 is 24.0 Å². The van der Waals surface area contributed by atoms with Crippen LogP contribution in [0.25, 0.3) is 0 Å². The summed E-state index contributed by atoms with van der Waals surface area (Å²) in [5.41, 5.74) is 0. The van der Waals surface area contributed by atoms with Crippen molar-refractivity contribution in [1.29, 1.82) is 0 Å². The molecule has 0 radical (unpaired) electrons. The molecule has 0 bridgehead atoms. The van der Waals surface area contributed by atoms with Gasteiger partial charge in [0.25, 0.3) is 0 Å².